The molecule has 0 N–H and O–H groups in total. The first kappa shape index (κ1) is 23.7. The van der Waals surface area contributed by atoms with E-state index >= 15 is 0 Å². The van der Waals surface area contributed by atoms with E-state index in [2.05, 4.69) is 0 Å². The lowest BCUT2D eigenvalue weighted by Gasteiger charge is -2.17. The molecular formula is C26H21Cl2NO5. The van der Waals surface area contributed by atoms with Crippen LogP contribution in [0.15, 0.2) is 60.7 Å². The van der Waals surface area contributed by atoms with Crippen molar-refractivity contribution in [3.8, 4) is 11.5 Å². The highest BCUT2D eigenvalue weighted by Crippen LogP contribution is 2.44. The van der Waals surface area contributed by atoms with E-state index in [-0.39, 0.29) is 19.1 Å². The van der Waals surface area contributed by atoms with E-state index in [4.69, 9.17) is 37.4 Å². The largest absolute Gasteiger partial charge is 0.493 e. The summed E-state index contributed by atoms with van der Waals surface area (Å²) in [5, 5.41) is 0.784. The average molecular weight is 498 g/mol. The highest BCUT2D eigenvalue weighted by atomic mass is 35.5. The van der Waals surface area contributed by atoms with Gasteiger partial charge in [0.2, 0.25) is 0 Å². The van der Waals surface area contributed by atoms with Gasteiger partial charge in [-0.25, -0.2) is 0 Å². The molecule has 174 valence electrons. The van der Waals surface area contributed by atoms with Crippen LogP contribution in [0.5, 0.6) is 11.5 Å². The minimum absolute atomic E-state index is 0.118. The molecule has 0 radical (unpaired) electrons. The van der Waals surface area contributed by atoms with Gasteiger partial charge >= 0.3 is 5.97 Å². The molecule has 0 saturated heterocycles. The molecule has 34 heavy (non-hydrogen) atoms. The predicted octanol–water partition coefficient (Wildman–Crippen LogP) is 5.64. The van der Waals surface area contributed by atoms with Gasteiger partial charge in [0.15, 0.2) is 11.5 Å². The third-order valence-electron chi connectivity index (χ3n) is 5.34. The maximum atomic E-state index is 13.4. The van der Waals surface area contributed by atoms with Gasteiger partial charge in [0.1, 0.15) is 13.2 Å². The molecule has 0 aromatic heterocycles. The number of hydrogen-bond acceptors (Lipinski definition) is 5. The summed E-state index contributed by atoms with van der Waals surface area (Å²) < 4.78 is 16.2. The Bertz CT molecular complexity index is 1270. The summed E-state index contributed by atoms with van der Waals surface area (Å²) in [6.45, 7) is -0.140. The van der Waals surface area contributed by atoms with Gasteiger partial charge in [-0.3, -0.25) is 14.5 Å². The molecule has 8 heteroatoms. The zero-order valence-electron chi connectivity index (χ0n) is 18.5. The van der Waals surface area contributed by atoms with E-state index < -0.39 is 5.97 Å². The van der Waals surface area contributed by atoms with Crippen LogP contribution in [0, 0.1) is 0 Å². The number of fused-ring (bicyclic) bond motifs is 1. The normalized spacial score (nSPS) is 13.7. The number of anilines is 1. The van der Waals surface area contributed by atoms with Gasteiger partial charge in [-0.2, -0.15) is 0 Å². The molecule has 0 bridgehead atoms. The molecule has 0 atom stereocenters. The number of rotatable bonds is 7. The van der Waals surface area contributed by atoms with Gasteiger partial charge in [-0.15, -0.1) is 0 Å². The highest BCUT2D eigenvalue weighted by molar-refractivity contribution is 6.42. The van der Waals surface area contributed by atoms with Crippen LogP contribution >= 0.6 is 23.2 Å². The Morgan fingerprint density at radius 2 is 1.65 bits per heavy atom. The molecule has 1 aliphatic heterocycles. The van der Waals surface area contributed by atoms with Crippen molar-refractivity contribution < 1.29 is 23.8 Å². The first-order chi connectivity index (χ1) is 16.4. The molecule has 3 aromatic carbocycles. The van der Waals surface area contributed by atoms with Crippen molar-refractivity contribution in [3.05, 3.63) is 87.4 Å². The minimum atomic E-state index is -0.534. The van der Waals surface area contributed by atoms with E-state index in [0.29, 0.717) is 43.9 Å². The second-order valence-corrected chi connectivity index (χ2v) is 8.31. The van der Waals surface area contributed by atoms with Crippen LogP contribution in [0.3, 0.4) is 0 Å². The summed E-state index contributed by atoms with van der Waals surface area (Å²) in [5.74, 6) is 0.0110. The van der Waals surface area contributed by atoms with Crippen LogP contribution in [0.4, 0.5) is 5.69 Å². The molecule has 0 saturated carbocycles. The van der Waals surface area contributed by atoms with Crippen LogP contribution in [0.2, 0.25) is 10.0 Å². The molecule has 0 unspecified atom stereocenters. The summed E-state index contributed by atoms with van der Waals surface area (Å²) in [7, 11) is 3.02. The number of benzene rings is 3. The zero-order valence-corrected chi connectivity index (χ0v) is 20.0. The third kappa shape index (κ3) is 4.88. The van der Waals surface area contributed by atoms with Crippen molar-refractivity contribution in [2.45, 2.75) is 6.61 Å². The lowest BCUT2D eigenvalue weighted by Crippen LogP contribution is -2.33. The summed E-state index contributed by atoms with van der Waals surface area (Å²) in [6, 6.07) is 17.8. The molecule has 6 nitrogen and oxygen atoms in total. The smallest absolute Gasteiger partial charge is 0.326 e. The number of hydrogen-bond donors (Lipinski definition) is 0. The summed E-state index contributed by atoms with van der Waals surface area (Å²) in [4.78, 5) is 27.4. The van der Waals surface area contributed by atoms with Crippen LogP contribution in [0.1, 0.15) is 16.7 Å². The predicted molar refractivity (Wildman–Crippen MR) is 132 cm³/mol. The van der Waals surface area contributed by atoms with Crippen LogP contribution < -0.4 is 14.4 Å². The number of ether oxygens (including phenoxy) is 3. The standard InChI is InChI=1S/C26H21Cl2NO5/c1-32-23-12-18-19(10-17-8-9-20(27)21(28)11-17)26(31)29(22(18)13-24(23)33-2)14-25(30)34-15-16-6-4-3-5-7-16/h3-13H,14-15H2,1-2H3. The Morgan fingerprint density at radius 3 is 2.32 bits per heavy atom. The number of nitrogens with zero attached hydrogens (tertiary/aromatic N) is 1. The maximum Gasteiger partial charge on any atom is 0.326 e. The average Bonchev–Trinajstić information content (AvgIpc) is 3.09. The Hall–Kier alpha value is -3.48. The first-order valence-corrected chi connectivity index (χ1v) is 11.1. The Labute approximate surface area is 207 Å². The quantitative estimate of drug-likeness (QED) is 0.312. The zero-order chi connectivity index (χ0) is 24.2. The van der Waals surface area contributed by atoms with Gasteiger partial charge in [0, 0.05) is 17.2 Å². The van der Waals surface area contributed by atoms with Crippen LogP contribution in [-0.4, -0.2) is 32.6 Å². The van der Waals surface area contributed by atoms with Gasteiger partial charge in [0.05, 0.1) is 30.0 Å². The molecule has 0 fully saturated rings. The number of halogens is 2. The second kappa shape index (κ2) is 10.2. The lowest BCUT2D eigenvalue weighted by molar-refractivity contribution is -0.143. The topological polar surface area (TPSA) is 65.1 Å². The minimum Gasteiger partial charge on any atom is -0.493 e. The first-order valence-electron chi connectivity index (χ1n) is 10.4. The van der Waals surface area contributed by atoms with Crippen molar-refractivity contribution in [1.29, 1.82) is 0 Å². The summed E-state index contributed by atoms with van der Waals surface area (Å²) in [6.07, 6.45) is 1.70. The molecule has 1 aliphatic rings. The van der Waals surface area contributed by atoms with E-state index in [1.807, 2.05) is 30.3 Å². The Morgan fingerprint density at radius 1 is 0.941 bits per heavy atom. The second-order valence-electron chi connectivity index (χ2n) is 7.49. The maximum absolute atomic E-state index is 13.4. The fourth-order valence-corrected chi connectivity index (χ4v) is 3.96. The number of carbonyl (C=O) groups is 2. The summed E-state index contributed by atoms with van der Waals surface area (Å²) in [5.41, 5.74) is 3.04. The monoisotopic (exact) mass is 497 g/mol. The molecule has 1 amide bonds. The molecular weight excluding hydrogens is 477 g/mol. The Balaban J connectivity index is 1.67. The van der Waals surface area contributed by atoms with Gasteiger partial charge < -0.3 is 14.2 Å². The number of amides is 1. The molecule has 1 heterocycles. The van der Waals surface area contributed by atoms with E-state index in [9.17, 15) is 9.59 Å². The van der Waals surface area contributed by atoms with Crippen molar-refractivity contribution >= 4 is 52.4 Å². The van der Waals surface area contributed by atoms with Gasteiger partial charge in [-0.05, 0) is 35.4 Å². The van der Waals surface area contributed by atoms with E-state index in [1.54, 1.807) is 36.4 Å². The van der Waals surface area contributed by atoms with Crippen molar-refractivity contribution in [3.63, 3.8) is 0 Å². The number of methoxy groups -OCH3 is 2. The fraction of sp³-hybridized carbons (Fsp3) is 0.154. The molecule has 4 rings (SSSR count). The molecule has 0 spiro atoms. The van der Waals surface area contributed by atoms with Gasteiger partial charge in [0.25, 0.3) is 5.91 Å². The Kier molecular flexibility index (Phi) is 7.10. The molecule has 0 aliphatic carbocycles. The fourth-order valence-electron chi connectivity index (χ4n) is 3.66. The lowest BCUT2D eigenvalue weighted by atomic mass is 10.0. The van der Waals surface area contributed by atoms with Gasteiger partial charge in [-0.1, -0.05) is 59.6 Å². The van der Waals surface area contributed by atoms with E-state index in [1.165, 1.54) is 19.1 Å². The highest BCUT2D eigenvalue weighted by Gasteiger charge is 2.35. The van der Waals surface area contributed by atoms with E-state index in [0.717, 1.165) is 5.56 Å². The van der Waals surface area contributed by atoms with Crippen molar-refractivity contribution in [2.75, 3.05) is 25.7 Å². The van der Waals surface area contributed by atoms with Crippen LogP contribution in [-0.2, 0) is 20.9 Å². The summed E-state index contributed by atoms with van der Waals surface area (Å²) >= 11 is 12.2. The number of carbonyl (C=O) groups excluding carboxylic acids is 2. The third-order valence-corrected chi connectivity index (χ3v) is 6.08. The van der Waals surface area contributed by atoms with Crippen molar-refractivity contribution in [1.82, 2.24) is 0 Å². The SMILES string of the molecule is COc1cc2c(cc1OC)N(CC(=O)OCc1ccccc1)C(=O)C2=Cc1ccc(Cl)c(Cl)c1. The molecule has 3 aromatic rings. The van der Waals surface area contributed by atoms with Crippen LogP contribution in [0.25, 0.3) is 11.6 Å². The number of esters is 1. The van der Waals surface area contributed by atoms with Crippen molar-refractivity contribution in [2.24, 2.45) is 0 Å².